The van der Waals surface area contributed by atoms with Gasteiger partial charge in [0.25, 0.3) is 5.91 Å². The number of aromatic nitrogens is 3. The maximum absolute atomic E-state index is 13.8. The Morgan fingerprint density at radius 1 is 1.31 bits per heavy atom. The molecule has 7 heteroatoms. The van der Waals surface area contributed by atoms with Crippen molar-refractivity contribution in [2.24, 2.45) is 13.0 Å². The number of rotatable bonds is 4. The SMILES string of the molecule is Cc1ccc(-c2cnn(C)c2)c(C(=O)N2CCCC(C)/C2=C\Nc2cccc(C#N)n2)c1. The molecule has 1 saturated heterocycles. The molecule has 1 N–H and O–H groups in total. The van der Waals surface area contributed by atoms with Crippen molar-refractivity contribution in [2.45, 2.75) is 26.7 Å². The number of hydrogen-bond donors (Lipinski definition) is 1. The summed E-state index contributed by atoms with van der Waals surface area (Å²) in [6, 6.07) is 13.3. The fourth-order valence-electron chi connectivity index (χ4n) is 4.06. The van der Waals surface area contributed by atoms with Crippen LogP contribution < -0.4 is 5.32 Å². The molecule has 0 bridgehead atoms. The molecule has 2 aromatic heterocycles. The number of pyridine rings is 1. The number of nitrogens with one attached hydrogen (secondary N) is 1. The number of nitriles is 1. The van der Waals surface area contributed by atoms with Crippen molar-refractivity contribution in [1.29, 1.82) is 5.26 Å². The van der Waals surface area contributed by atoms with Gasteiger partial charge < -0.3 is 10.2 Å². The van der Waals surface area contributed by atoms with Gasteiger partial charge in [-0.15, -0.1) is 0 Å². The van der Waals surface area contributed by atoms with Gasteiger partial charge in [0, 0.05) is 42.8 Å². The number of carbonyl (C=O) groups is 1. The first kappa shape index (κ1) is 21.3. The van der Waals surface area contributed by atoms with Crippen molar-refractivity contribution >= 4 is 11.7 Å². The predicted octanol–water partition coefficient (Wildman–Crippen LogP) is 4.49. The molecule has 7 nitrogen and oxygen atoms in total. The summed E-state index contributed by atoms with van der Waals surface area (Å²) >= 11 is 0. The number of amides is 1. The Labute approximate surface area is 188 Å². The third kappa shape index (κ3) is 4.40. The van der Waals surface area contributed by atoms with E-state index < -0.39 is 0 Å². The summed E-state index contributed by atoms with van der Waals surface area (Å²) in [6.45, 7) is 4.78. The molecule has 4 rings (SSSR count). The Morgan fingerprint density at radius 2 is 2.16 bits per heavy atom. The van der Waals surface area contributed by atoms with Crippen LogP contribution in [0.4, 0.5) is 5.82 Å². The van der Waals surface area contributed by atoms with E-state index in [-0.39, 0.29) is 11.8 Å². The highest BCUT2D eigenvalue weighted by Crippen LogP contribution is 2.31. The van der Waals surface area contributed by atoms with Gasteiger partial charge in [0.15, 0.2) is 0 Å². The Balaban J connectivity index is 1.69. The molecule has 1 atom stereocenters. The third-order valence-electron chi connectivity index (χ3n) is 5.73. The van der Waals surface area contributed by atoms with Crippen LogP contribution in [-0.2, 0) is 7.05 Å². The number of likely N-dealkylation sites (tertiary alicyclic amines) is 1. The van der Waals surface area contributed by atoms with E-state index in [4.69, 9.17) is 5.26 Å². The average Bonchev–Trinajstić information content (AvgIpc) is 3.23. The molecule has 1 fully saturated rings. The van der Waals surface area contributed by atoms with E-state index >= 15 is 0 Å². The highest BCUT2D eigenvalue weighted by atomic mass is 16.2. The van der Waals surface area contributed by atoms with Crippen LogP contribution in [0.1, 0.15) is 41.4 Å². The molecule has 32 heavy (non-hydrogen) atoms. The summed E-state index contributed by atoms with van der Waals surface area (Å²) < 4.78 is 1.74. The zero-order valence-electron chi connectivity index (χ0n) is 18.5. The molecule has 3 aromatic rings. The van der Waals surface area contributed by atoms with E-state index in [0.717, 1.165) is 35.2 Å². The summed E-state index contributed by atoms with van der Waals surface area (Å²) in [6.07, 6.45) is 7.51. The molecule has 1 aromatic carbocycles. The summed E-state index contributed by atoms with van der Waals surface area (Å²) in [5, 5.41) is 16.5. The minimum Gasteiger partial charge on any atom is -0.345 e. The van der Waals surface area contributed by atoms with E-state index in [1.807, 2.05) is 55.5 Å². The highest BCUT2D eigenvalue weighted by Gasteiger charge is 2.29. The number of hydrogen-bond acceptors (Lipinski definition) is 5. The lowest BCUT2D eigenvalue weighted by molar-refractivity contribution is 0.0762. The van der Waals surface area contributed by atoms with Crippen LogP contribution in [0.2, 0.25) is 0 Å². The van der Waals surface area contributed by atoms with Crippen LogP contribution in [0, 0.1) is 24.2 Å². The molecular weight excluding hydrogens is 400 g/mol. The normalized spacial score (nSPS) is 17.2. The van der Waals surface area contributed by atoms with Crippen molar-refractivity contribution in [1.82, 2.24) is 19.7 Å². The monoisotopic (exact) mass is 426 g/mol. The molecule has 0 saturated carbocycles. The molecule has 0 radical (unpaired) electrons. The van der Waals surface area contributed by atoms with Crippen molar-refractivity contribution < 1.29 is 4.79 Å². The molecule has 1 aliphatic rings. The van der Waals surface area contributed by atoms with Crippen LogP contribution in [0.15, 0.2) is 60.7 Å². The molecule has 1 unspecified atom stereocenters. The maximum Gasteiger partial charge on any atom is 0.258 e. The Hall–Kier alpha value is -3.92. The van der Waals surface area contributed by atoms with E-state index in [1.54, 1.807) is 29.1 Å². The second-order valence-electron chi connectivity index (χ2n) is 8.19. The first-order chi connectivity index (χ1) is 15.5. The lowest BCUT2D eigenvalue weighted by Crippen LogP contribution is -2.38. The number of carbonyl (C=O) groups excluding carboxylic acids is 1. The quantitative estimate of drug-likeness (QED) is 0.664. The highest BCUT2D eigenvalue weighted by molar-refractivity contribution is 6.02. The first-order valence-electron chi connectivity index (χ1n) is 10.7. The largest absolute Gasteiger partial charge is 0.345 e. The van der Waals surface area contributed by atoms with Crippen molar-refractivity contribution in [3.05, 3.63) is 77.5 Å². The van der Waals surface area contributed by atoms with Gasteiger partial charge in [-0.05, 0) is 49.4 Å². The summed E-state index contributed by atoms with van der Waals surface area (Å²) in [5.74, 6) is 0.769. The molecule has 0 spiro atoms. The van der Waals surface area contributed by atoms with Gasteiger partial charge >= 0.3 is 0 Å². The third-order valence-corrected chi connectivity index (χ3v) is 5.73. The Bertz CT molecular complexity index is 1220. The van der Waals surface area contributed by atoms with Crippen molar-refractivity contribution in [3.8, 4) is 17.2 Å². The lowest BCUT2D eigenvalue weighted by atomic mass is 9.93. The second-order valence-corrected chi connectivity index (χ2v) is 8.19. The number of benzene rings is 1. The van der Waals surface area contributed by atoms with Gasteiger partial charge in [0.2, 0.25) is 0 Å². The molecule has 1 amide bonds. The average molecular weight is 427 g/mol. The summed E-state index contributed by atoms with van der Waals surface area (Å²) in [5.41, 5.74) is 4.77. The fourth-order valence-corrected chi connectivity index (χ4v) is 4.06. The van der Waals surface area contributed by atoms with E-state index in [9.17, 15) is 4.79 Å². The predicted molar refractivity (Wildman–Crippen MR) is 123 cm³/mol. The Morgan fingerprint density at radius 3 is 2.91 bits per heavy atom. The molecule has 1 aliphatic heterocycles. The van der Waals surface area contributed by atoms with Crippen LogP contribution in [0.3, 0.4) is 0 Å². The topological polar surface area (TPSA) is 86.8 Å². The zero-order valence-corrected chi connectivity index (χ0v) is 18.5. The number of allylic oxidation sites excluding steroid dienone is 1. The number of anilines is 1. The zero-order chi connectivity index (χ0) is 22.7. The van der Waals surface area contributed by atoms with Gasteiger partial charge in [-0.3, -0.25) is 9.48 Å². The standard InChI is InChI=1S/C25H26N6O/c1-17-9-10-21(19-14-28-30(3)16-19)22(12-17)25(32)31-11-5-6-18(2)23(31)15-27-24-8-4-7-20(13-26)29-24/h4,7-10,12,14-16,18H,5-6,11H2,1-3H3,(H,27,29)/b23-15+. The van der Waals surface area contributed by atoms with Crippen LogP contribution in [0.25, 0.3) is 11.1 Å². The lowest BCUT2D eigenvalue weighted by Gasteiger charge is -2.34. The minimum atomic E-state index is -0.0223. The number of piperidine rings is 1. The summed E-state index contributed by atoms with van der Waals surface area (Å²) in [4.78, 5) is 19.9. The van der Waals surface area contributed by atoms with Gasteiger partial charge in [-0.2, -0.15) is 10.4 Å². The van der Waals surface area contributed by atoms with Crippen molar-refractivity contribution in [3.63, 3.8) is 0 Å². The van der Waals surface area contributed by atoms with E-state index in [1.165, 1.54) is 0 Å². The van der Waals surface area contributed by atoms with E-state index in [0.29, 0.717) is 23.6 Å². The molecule has 0 aliphatic carbocycles. The van der Waals surface area contributed by atoms with Gasteiger partial charge in [-0.1, -0.05) is 30.7 Å². The number of aryl methyl sites for hydroxylation is 2. The van der Waals surface area contributed by atoms with Crippen LogP contribution in [-0.4, -0.2) is 32.1 Å². The second kappa shape index (κ2) is 9.06. The molecule has 162 valence electrons. The van der Waals surface area contributed by atoms with Gasteiger partial charge in [-0.25, -0.2) is 4.98 Å². The Kier molecular flexibility index (Phi) is 6.04. The van der Waals surface area contributed by atoms with Gasteiger partial charge in [0.05, 0.1) is 6.20 Å². The van der Waals surface area contributed by atoms with E-state index in [2.05, 4.69) is 22.3 Å². The van der Waals surface area contributed by atoms with Crippen LogP contribution >= 0.6 is 0 Å². The van der Waals surface area contributed by atoms with Crippen LogP contribution in [0.5, 0.6) is 0 Å². The molecular formula is C25H26N6O. The molecule has 3 heterocycles. The van der Waals surface area contributed by atoms with Crippen molar-refractivity contribution in [2.75, 3.05) is 11.9 Å². The number of nitrogens with zero attached hydrogens (tertiary/aromatic N) is 5. The fraction of sp³-hybridized carbons (Fsp3) is 0.280. The van der Waals surface area contributed by atoms with Gasteiger partial charge in [0.1, 0.15) is 17.6 Å². The maximum atomic E-state index is 13.8. The summed E-state index contributed by atoms with van der Waals surface area (Å²) in [7, 11) is 1.87. The smallest absolute Gasteiger partial charge is 0.258 e. The first-order valence-corrected chi connectivity index (χ1v) is 10.7. The minimum absolute atomic E-state index is 0.0223.